The van der Waals surface area contributed by atoms with E-state index in [-0.39, 0.29) is 25.2 Å². The van der Waals surface area contributed by atoms with Gasteiger partial charge in [-0.05, 0) is 25.5 Å². The molecule has 0 saturated heterocycles. The monoisotopic (exact) mass is 251 g/mol. The highest BCUT2D eigenvalue weighted by atomic mass is 16.4. The molecule has 0 aromatic heterocycles. The summed E-state index contributed by atoms with van der Waals surface area (Å²) in [7, 11) is 0. The fourth-order valence-corrected chi connectivity index (χ4v) is 1.48. The maximum Gasteiger partial charge on any atom is 0.303 e. The minimum Gasteiger partial charge on any atom is -0.481 e. The van der Waals surface area contributed by atoms with Gasteiger partial charge in [0.25, 0.3) is 0 Å². The van der Waals surface area contributed by atoms with Crippen LogP contribution in [0.3, 0.4) is 0 Å². The summed E-state index contributed by atoms with van der Waals surface area (Å²) in [6.45, 7) is 1.75. The third kappa shape index (κ3) is 4.97. The molecule has 5 heteroatoms. The van der Waals surface area contributed by atoms with Gasteiger partial charge in [0.1, 0.15) is 0 Å². The molecule has 0 saturated carbocycles. The summed E-state index contributed by atoms with van der Waals surface area (Å²) in [5.41, 5.74) is 1.33. The maximum absolute atomic E-state index is 11.2. The predicted molar refractivity (Wildman–Crippen MR) is 67.8 cm³/mol. The van der Waals surface area contributed by atoms with Gasteiger partial charge in [0, 0.05) is 24.2 Å². The molecule has 0 radical (unpaired) electrons. The fourth-order valence-electron chi connectivity index (χ4n) is 1.48. The molecule has 0 aliphatic heterocycles. The van der Waals surface area contributed by atoms with Crippen molar-refractivity contribution in [1.82, 2.24) is 0 Å². The summed E-state index contributed by atoms with van der Waals surface area (Å²) in [6, 6.07) is 6.96. The second-order valence-electron chi connectivity index (χ2n) is 4.10. The molecule has 0 spiro atoms. The summed E-state index contributed by atoms with van der Waals surface area (Å²) in [5, 5.41) is 21.0. The highest BCUT2D eigenvalue weighted by molar-refractivity contribution is 5.94. The molecule has 0 amide bonds. The first-order chi connectivity index (χ1) is 8.49. The van der Waals surface area contributed by atoms with Gasteiger partial charge in [0.05, 0.1) is 6.10 Å². The van der Waals surface area contributed by atoms with Gasteiger partial charge in [-0.3, -0.25) is 9.59 Å². The first-order valence-electron chi connectivity index (χ1n) is 5.74. The van der Waals surface area contributed by atoms with E-state index < -0.39 is 12.1 Å². The first-order valence-corrected chi connectivity index (χ1v) is 5.74. The van der Waals surface area contributed by atoms with Gasteiger partial charge in [0.2, 0.25) is 0 Å². The van der Waals surface area contributed by atoms with Crippen molar-refractivity contribution in [3.63, 3.8) is 0 Å². The van der Waals surface area contributed by atoms with Gasteiger partial charge in [-0.2, -0.15) is 0 Å². The van der Waals surface area contributed by atoms with E-state index in [2.05, 4.69) is 5.32 Å². The molecule has 0 fully saturated rings. The standard InChI is InChI=1S/C13H17NO4/c1-9(15)10-3-2-4-11(7-10)14-8-12(16)5-6-13(17)18/h2-4,7,12,14,16H,5-6,8H2,1H3,(H,17,18). The number of Topliss-reactive ketones (excluding diaryl/α,β-unsaturated/α-hetero) is 1. The van der Waals surface area contributed by atoms with Crippen molar-refractivity contribution in [2.75, 3.05) is 11.9 Å². The van der Waals surface area contributed by atoms with E-state index in [9.17, 15) is 14.7 Å². The minimum absolute atomic E-state index is 0.0231. The number of benzene rings is 1. The summed E-state index contributed by atoms with van der Waals surface area (Å²) < 4.78 is 0. The Kier molecular flexibility index (Phi) is 5.32. The van der Waals surface area contributed by atoms with Crippen LogP contribution in [0.15, 0.2) is 24.3 Å². The van der Waals surface area contributed by atoms with Gasteiger partial charge in [0.15, 0.2) is 5.78 Å². The Morgan fingerprint density at radius 1 is 1.39 bits per heavy atom. The molecule has 0 heterocycles. The molecule has 1 aromatic rings. The van der Waals surface area contributed by atoms with E-state index in [1.807, 2.05) is 0 Å². The lowest BCUT2D eigenvalue weighted by atomic mass is 10.1. The van der Waals surface area contributed by atoms with E-state index >= 15 is 0 Å². The lowest BCUT2D eigenvalue weighted by molar-refractivity contribution is -0.137. The Balaban J connectivity index is 2.45. The van der Waals surface area contributed by atoms with Crippen molar-refractivity contribution in [3.05, 3.63) is 29.8 Å². The number of carbonyl (C=O) groups is 2. The number of carboxylic acid groups (broad SMARTS) is 1. The van der Waals surface area contributed by atoms with Crippen LogP contribution in [0, 0.1) is 0 Å². The minimum atomic E-state index is -0.923. The second kappa shape index (κ2) is 6.76. The molecule has 0 bridgehead atoms. The zero-order valence-corrected chi connectivity index (χ0v) is 10.2. The predicted octanol–water partition coefficient (Wildman–Crippen LogP) is 1.53. The number of aliphatic hydroxyl groups excluding tert-OH is 1. The summed E-state index contributed by atoms with van der Waals surface area (Å²) in [6.07, 6.45) is -0.576. The molecule has 0 aliphatic carbocycles. The van der Waals surface area contributed by atoms with Gasteiger partial charge >= 0.3 is 5.97 Å². The zero-order chi connectivity index (χ0) is 13.5. The number of anilines is 1. The number of ketones is 1. The summed E-state index contributed by atoms with van der Waals surface area (Å²) >= 11 is 0. The average molecular weight is 251 g/mol. The van der Waals surface area contributed by atoms with Crippen molar-refractivity contribution in [3.8, 4) is 0 Å². The van der Waals surface area contributed by atoms with Crippen LogP contribution < -0.4 is 5.32 Å². The quantitative estimate of drug-likeness (QED) is 0.640. The molecular weight excluding hydrogens is 234 g/mol. The van der Waals surface area contributed by atoms with E-state index in [0.29, 0.717) is 5.56 Å². The highest BCUT2D eigenvalue weighted by Crippen LogP contribution is 2.11. The van der Waals surface area contributed by atoms with Crippen LogP contribution in [-0.4, -0.2) is 34.6 Å². The maximum atomic E-state index is 11.2. The molecule has 0 aliphatic rings. The lowest BCUT2D eigenvalue weighted by Crippen LogP contribution is -2.20. The third-order valence-corrected chi connectivity index (χ3v) is 2.50. The molecule has 18 heavy (non-hydrogen) atoms. The van der Waals surface area contributed by atoms with E-state index in [4.69, 9.17) is 5.11 Å². The second-order valence-corrected chi connectivity index (χ2v) is 4.10. The zero-order valence-electron chi connectivity index (χ0n) is 10.2. The number of carboxylic acids is 1. The average Bonchev–Trinajstić information content (AvgIpc) is 2.34. The molecule has 1 atom stereocenters. The Hall–Kier alpha value is -1.88. The van der Waals surface area contributed by atoms with Crippen molar-refractivity contribution in [1.29, 1.82) is 0 Å². The molecule has 98 valence electrons. The summed E-state index contributed by atoms with van der Waals surface area (Å²) in [5.74, 6) is -0.947. The topological polar surface area (TPSA) is 86.6 Å². The van der Waals surface area contributed by atoms with Gasteiger partial charge in [-0.25, -0.2) is 0 Å². The molecular formula is C13H17NO4. The molecule has 5 nitrogen and oxygen atoms in total. The van der Waals surface area contributed by atoms with Crippen LogP contribution in [0.1, 0.15) is 30.1 Å². The number of carbonyl (C=O) groups excluding carboxylic acids is 1. The van der Waals surface area contributed by atoms with Crippen LogP contribution in [0.25, 0.3) is 0 Å². The van der Waals surface area contributed by atoms with Gasteiger partial charge in [-0.15, -0.1) is 0 Å². The third-order valence-electron chi connectivity index (χ3n) is 2.50. The van der Waals surface area contributed by atoms with Crippen molar-refractivity contribution in [2.45, 2.75) is 25.9 Å². The van der Waals surface area contributed by atoms with Crippen LogP contribution >= 0.6 is 0 Å². The number of rotatable bonds is 7. The number of aliphatic carboxylic acids is 1. The van der Waals surface area contributed by atoms with Crippen LogP contribution in [-0.2, 0) is 4.79 Å². The smallest absolute Gasteiger partial charge is 0.303 e. The van der Waals surface area contributed by atoms with Crippen molar-refractivity contribution < 1.29 is 19.8 Å². The van der Waals surface area contributed by atoms with Crippen molar-refractivity contribution in [2.24, 2.45) is 0 Å². The molecule has 1 aromatic carbocycles. The van der Waals surface area contributed by atoms with E-state index in [1.165, 1.54) is 6.92 Å². The number of aliphatic hydroxyl groups is 1. The Labute approximate surface area is 105 Å². The van der Waals surface area contributed by atoms with Crippen LogP contribution in [0.2, 0.25) is 0 Å². The Bertz CT molecular complexity index is 431. The highest BCUT2D eigenvalue weighted by Gasteiger charge is 2.07. The Morgan fingerprint density at radius 3 is 2.72 bits per heavy atom. The first kappa shape index (κ1) is 14.2. The van der Waals surface area contributed by atoms with Crippen molar-refractivity contribution >= 4 is 17.4 Å². The largest absolute Gasteiger partial charge is 0.481 e. The molecule has 1 unspecified atom stereocenters. The van der Waals surface area contributed by atoms with Gasteiger partial charge in [-0.1, -0.05) is 12.1 Å². The number of nitrogens with one attached hydrogen (secondary N) is 1. The fraction of sp³-hybridized carbons (Fsp3) is 0.385. The van der Waals surface area contributed by atoms with Crippen LogP contribution in [0.5, 0.6) is 0 Å². The molecule has 3 N–H and O–H groups in total. The van der Waals surface area contributed by atoms with E-state index in [0.717, 1.165) is 5.69 Å². The lowest BCUT2D eigenvalue weighted by Gasteiger charge is -2.12. The molecule has 1 rings (SSSR count). The number of hydrogen-bond acceptors (Lipinski definition) is 4. The van der Waals surface area contributed by atoms with E-state index in [1.54, 1.807) is 24.3 Å². The summed E-state index contributed by atoms with van der Waals surface area (Å²) in [4.78, 5) is 21.5. The number of hydrogen-bond donors (Lipinski definition) is 3. The van der Waals surface area contributed by atoms with Crippen LogP contribution in [0.4, 0.5) is 5.69 Å². The Morgan fingerprint density at radius 2 is 2.11 bits per heavy atom. The SMILES string of the molecule is CC(=O)c1cccc(NCC(O)CCC(=O)O)c1. The van der Waals surface area contributed by atoms with Gasteiger partial charge < -0.3 is 15.5 Å². The normalized spacial score (nSPS) is 11.9.